The molecule has 0 bridgehead atoms. The van der Waals surface area contributed by atoms with Crippen LogP contribution in [0.3, 0.4) is 0 Å². The molecular formula is C19H20INO4. The highest BCUT2D eigenvalue weighted by atomic mass is 127. The van der Waals surface area contributed by atoms with Crippen LogP contribution < -0.4 is 10.1 Å². The van der Waals surface area contributed by atoms with E-state index in [0.717, 1.165) is 9.13 Å². The van der Waals surface area contributed by atoms with Gasteiger partial charge in [0.25, 0.3) is 5.91 Å². The molecule has 0 radical (unpaired) electrons. The molecule has 0 saturated heterocycles. The number of hydrogen-bond acceptors (Lipinski definition) is 4. The molecule has 6 heteroatoms. The number of benzene rings is 2. The largest absolute Gasteiger partial charge is 0.491 e. The summed E-state index contributed by atoms with van der Waals surface area (Å²) in [5.41, 5.74) is 2.03. The lowest BCUT2D eigenvalue weighted by Crippen LogP contribution is -2.21. The third kappa shape index (κ3) is 6.04. The van der Waals surface area contributed by atoms with Gasteiger partial charge in [-0.15, -0.1) is 0 Å². The van der Waals surface area contributed by atoms with Crippen molar-refractivity contribution in [2.24, 2.45) is 0 Å². The van der Waals surface area contributed by atoms with E-state index in [2.05, 4.69) is 27.9 Å². The smallest absolute Gasteiger partial charge is 0.338 e. The van der Waals surface area contributed by atoms with Gasteiger partial charge in [0.2, 0.25) is 0 Å². The normalized spacial score (nSPS) is 10.4. The van der Waals surface area contributed by atoms with Crippen LogP contribution in [0, 0.1) is 10.5 Å². The number of anilines is 1. The molecule has 1 amide bonds. The Hall–Kier alpha value is -2.09. The van der Waals surface area contributed by atoms with E-state index in [9.17, 15) is 9.59 Å². The molecule has 2 aromatic rings. The zero-order valence-electron chi connectivity index (χ0n) is 14.3. The van der Waals surface area contributed by atoms with Crippen molar-refractivity contribution in [1.29, 1.82) is 0 Å². The van der Waals surface area contributed by atoms with Gasteiger partial charge in [0.15, 0.2) is 6.61 Å². The second-order valence-electron chi connectivity index (χ2n) is 5.77. The van der Waals surface area contributed by atoms with E-state index in [1.165, 1.54) is 0 Å². The van der Waals surface area contributed by atoms with Gasteiger partial charge < -0.3 is 14.8 Å². The summed E-state index contributed by atoms with van der Waals surface area (Å²) < 4.78 is 11.7. The van der Waals surface area contributed by atoms with Crippen molar-refractivity contribution in [2.45, 2.75) is 26.9 Å². The Morgan fingerprint density at radius 2 is 1.80 bits per heavy atom. The van der Waals surface area contributed by atoms with Crippen LogP contribution in [0.2, 0.25) is 0 Å². The van der Waals surface area contributed by atoms with Gasteiger partial charge in [0.05, 0.1) is 11.7 Å². The topological polar surface area (TPSA) is 64.6 Å². The van der Waals surface area contributed by atoms with Crippen LogP contribution in [-0.2, 0) is 9.53 Å². The van der Waals surface area contributed by atoms with Gasteiger partial charge in [-0.1, -0.05) is 0 Å². The molecule has 0 saturated carbocycles. The standard InChI is InChI=1S/C19H20INO4/c1-12(2)25-16-7-4-14(5-8-16)19(23)24-11-18(22)21-17-9-6-15(20)10-13(17)3/h4-10,12H,11H2,1-3H3,(H,21,22). The van der Waals surface area contributed by atoms with Gasteiger partial charge in [0, 0.05) is 9.26 Å². The number of ether oxygens (including phenoxy) is 2. The van der Waals surface area contributed by atoms with Crippen molar-refractivity contribution < 1.29 is 19.1 Å². The van der Waals surface area contributed by atoms with Crippen LogP contribution in [0.4, 0.5) is 5.69 Å². The molecule has 0 unspecified atom stereocenters. The van der Waals surface area contributed by atoms with Crippen molar-refractivity contribution in [2.75, 3.05) is 11.9 Å². The lowest BCUT2D eigenvalue weighted by Gasteiger charge is -2.11. The fraction of sp³-hybridized carbons (Fsp3) is 0.263. The summed E-state index contributed by atoms with van der Waals surface area (Å²) >= 11 is 2.20. The number of amides is 1. The molecular weight excluding hydrogens is 433 g/mol. The summed E-state index contributed by atoms with van der Waals surface area (Å²) in [7, 11) is 0. The summed E-state index contributed by atoms with van der Waals surface area (Å²) in [5, 5.41) is 2.74. The summed E-state index contributed by atoms with van der Waals surface area (Å²) in [5.74, 6) is -0.249. The van der Waals surface area contributed by atoms with E-state index < -0.39 is 5.97 Å². The fourth-order valence-electron chi connectivity index (χ4n) is 2.11. The molecule has 0 aliphatic carbocycles. The Morgan fingerprint density at radius 1 is 1.12 bits per heavy atom. The fourth-order valence-corrected chi connectivity index (χ4v) is 2.76. The molecule has 1 N–H and O–H groups in total. The van der Waals surface area contributed by atoms with E-state index in [4.69, 9.17) is 9.47 Å². The van der Waals surface area contributed by atoms with Crippen molar-refractivity contribution in [3.63, 3.8) is 0 Å². The molecule has 5 nitrogen and oxygen atoms in total. The van der Waals surface area contributed by atoms with E-state index in [1.54, 1.807) is 24.3 Å². The monoisotopic (exact) mass is 453 g/mol. The first kappa shape index (κ1) is 19.2. The average molecular weight is 453 g/mol. The van der Waals surface area contributed by atoms with E-state index in [-0.39, 0.29) is 18.6 Å². The maximum Gasteiger partial charge on any atom is 0.338 e. The quantitative estimate of drug-likeness (QED) is 0.527. The Labute approximate surface area is 160 Å². The predicted molar refractivity (Wildman–Crippen MR) is 105 cm³/mol. The van der Waals surface area contributed by atoms with E-state index in [1.807, 2.05) is 39.0 Å². The minimum absolute atomic E-state index is 0.0613. The van der Waals surface area contributed by atoms with Crippen LogP contribution in [0.1, 0.15) is 29.8 Å². The molecule has 0 aliphatic heterocycles. The summed E-state index contributed by atoms with van der Waals surface area (Å²) in [6.45, 7) is 5.42. The van der Waals surface area contributed by atoms with Crippen molar-refractivity contribution in [1.82, 2.24) is 0 Å². The number of aryl methyl sites for hydroxylation is 1. The van der Waals surface area contributed by atoms with Crippen LogP contribution in [0.15, 0.2) is 42.5 Å². The van der Waals surface area contributed by atoms with Crippen LogP contribution >= 0.6 is 22.6 Å². The van der Waals surface area contributed by atoms with Gasteiger partial charge >= 0.3 is 5.97 Å². The van der Waals surface area contributed by atoms with E-state index >= 15 is 0 Å². The van der Waals surface area contributed by atoms with Gasteiger partial charge in [-0.2, -0.15) is 0 Å². The molecule has 0 heterocycles. The number of rotatable bonds is 6. The molecule has 2 rings (SSSR count). The second-order valence-corrected chi connectivity index (χ2v) is 7.02. The summed E-state index contributed by atoms with van der Waals surface area (Å²) in [6.07, 6.45) is 0.0613. The number of carbonyl (C=O) groups excluding carboxylic acids is 2. The summed E-state index contributed by atoms with van der Waals surface area (Å²) in [4.78, 5) is 24.0. The molecule has 0 fully saturated rings. The Bertz CT molecular complexity index is 757. The number of esters is 1. The predicted octanol–water partition coefficient (Wildman–Crippen LogP) is 4.18. The third-order valence-electron chi connectivity index (χ3n) is 3.26. The number of hydrogen-bond donors (Lipinski definition) is 1. The minimum Gasteiger partial charge on any atom is -0.491 e. The molecule has 132 valence electrons. The zero-order chi connectivity index (χ0) is 18.4. The third-order valence-corrected chi connectivity index (χ3v) is 3.93. The summed E-state index contributed by atoms with van der Waals surface area (Å²) in [6, 6.07) is 12.3. The van der Waals surface area contributed by atoms with Crippen LogP contribution in [-0.4, -0.2) is 24.6 Å². The average Bonchev–Trinajstić information content (AvgIpc) is 2.55. The molecule has 0 aromatic heterocycles. The lowest BCUT2D eigenvalue weighted by molar-refractivity contribution is -0.119. The Balaban J connectivity index is 1.87. The molecule has 25 heavy (non-hydrogen) atoms. The highest BCUT2D eigenvalue weighted by molar-refractivity contribution is 14.1. The Kier molecular flexibility index (Phi) is 6.81. The first-order valence-corrected chi connectivity index (χ1v) is 8.93. The van der Waals surface area contributed by atoms with Gasteiger partial charge in [0.1, 0.15) is 5.75 Å². The molecule has 2 aromatic carbocycles. The minimum atomic E-state index is -0.550. The first-order chi connectivity index (χ1) is 11.8. The van der Waals surface area contributed by atoms with Gasteiger partial charge in [-0.25, -0.2) is 4.79 Å². The molecule has 0 aliphatic rings. The van der Waals surface area contributed by atoms with Crippen molar-refractivity contribution in [3.05, 3.63) is 57.2 Å². The maximum absolute atomic E-state index is 12.0. The van der Waals surface area contributed by atoms with Crippen molar-refractivity contribution >= 4 is 40.2 Å². The van der Waals surface area contributed by atoms with E-state index in [0.29, 0.717) is 17.0 Å². The second kappa shape index (κ2) is 8.84. The molecule has 0 atom stereocenters. The highest BCUT2D eigenvalue weighted by Crippen LogP contribution is 2.18. The zero-order valence-corrected chi connectivity index (χ0v) is 16.5. The van der Waals surface area contributed by atoms with Gasteiger partial charge in [-0.3, -0.25) is 4.79 Å². The van der Waals surface area contributed by atoms with Crippen LogP contribution in [0.5, 0.6) is 5.75 Å². The Morgan fingerprint density at radius 3 is 2.40 bits per heavy atom. The molecule has 0 spiro atoms. The SMILES string of the molecule is Cc1cc(I)ccc1NC(=O)COC(=O)c1ccc(OC(C)C)cc1. The highest BCUT2D eigenvalue weighted by Gasteiger charge is 2.11. The number of carbonyl (C=O) groups is 2. The first-order valence-electron chi connectivity index (χ1n) is 7.85. The lowest BCUT2D eigenvalue weighted by atomic mass is 10.2. The maximum atomic E-state index is 12.0. The van der Waals surface area contributed by atoms with Gasteiger partial charge in [-0.05, 0) is 91.4 Å². The van der Waals surface area contributed by atoms with Crippen molar-refractivity contribution in [3.8, 4) is 5.75 Å². The number of nitrogens with one attached hydrogen (secondary N) is 1. The van der Waals surface area contributed by atoms with Crippen LogP contribution in [0.25, 0.3) is 0 Å². The number of halogens is 1.